The molecule has 0 aliphatic heterocycles. The van der Waals surface area contributed by atoms with Crippen LogP contribution in [0.1, 0.15) is 150 Å². The Morgan fingerprint density at radius 1 is 0.873 bits per heavy atom. The molecule has 0 bridgehead atoms. The van der Waals surface area contributed by atoms with Gasteiger partial charge in [0.1, 0.15) is 12.0 Å². The van der Waals surface area contributed by atoms with E-state index in [9.17, 15) is 15.0 Å². The number of hydrogen-bond donors (Lipinski definition) is 3. The van der Waals surface area contributed by atoms with Crippen molar-refractivity contribution in [3.8, 4) is 5.88 Å². The van der Waals surface area contributed by atoms with Crippen molar-refractivity contribution in [2.75, 3.05) is 19.4 Å². The van der Waals surface area contributed by atoms with Crippen molar-refractivity contribution in [1.82, 2.24) is 10.3 Å². The van der Waals surface area contributed by atoms with Crippen molar-refractivity contribution in [1.29, 1.82) is 0 Å². The van der Waals surface area contributed by atoms with Crippen LogP contribution in [0.2, 0.25) is 0 Å². The molecule has 7 heteroatoms. The highest BCUT2D eigenvalue weighted by atomic mass is 32.2. The Kier molecular flexibility index (Phi) is 10.5. The van der Waals surface area contributed by atoms with E-state index in [1.807, 2.05) is 23.9 Å². The molecule has 0 radical (unpaired) electrons. The third-order valence-electron chi connectivity index (χ3n) is 18.7. The Hall–Kier alpha value is -1.83. The van der Waals surface area contributed by atoms with Crippen molar-refractivity contribution in [2.45, 2.75) is 167 Å². The molecule has 304 valence electrons. The average molecular weight is 773 g/mol. The third-order valence-corrected chi connectivity index (χ3v) is 19.9. The molecule has 0 amide bonds. The number of aromatic nitrogens is 1. The lowest BCUT2D eigenvalue weighted by Crippen LogP contribution is -2.67. The zero-order chi connectivity index (χ0) is 38.9. The highest BCUT2D eigenvalue weighted by Crippen LogP contribution is 2.76. The number of nitrogens with zero attached hydrogens (tertiary/aromatic N) is 1. The molecule has 7 unspecified atom stereocenters. The molecule has 1 aromatic heterocycles. The lowest BCUT2D eigenvalue weighted by molar-refractivity contribution is -0.218. The highest BCUT2D eigenvalue weighted by Gasteiger charge is 2.69. The average Bonchev–Trinajstić information content (AvgIpc) is 3.59. The first kappa shape index (κ1) is 40.0. The van der Waals surface area contributed by atoms with E-state index in [1.54, 1.807) is 12.3 Å². The number of carboxylic acids is 1. The van der Waals surface area contributed by atoms with Crippen LogP contribution in [0, 0.1) is 50.7 Å². The summed E-state index contributed by atoms with van der Waals surface area (Å²) in [6.45, 7) is 14.3. The molecule has 0 saturated heterocycles. The molecule has 5 saturated carbocycles. The SMILES string of the molecule is CSC1CCC(O)(CCNC23CCC[C@@H]2C2CCC4C5(C)CC=C(C6=CCC(COc7ccccn7)(C(=O)O)CC6)C(C)(C)C5CCC4(C)[C@]2(C)CC3)CC1. The van der Waals surface area contributed by atoms with Gasteiger partial charge in [-0.15, -0.1) is 0 Å². The van der Waals surface area contributed by atoms with Gasteiger partial charge < -0.3 is 20.3 Å². The number of pyridine rings is 1. The van der Waals surface area contributed by atoms with Gasteiger partial charge in [0.05, 0.1) is 5.60 Å². The van der Waals surface area contributed by atoms with Gasteiger partial charge in [-0.1, -0.05) is 59.3 Å². The second kappa shape index (κ2) is 14.5. The number of nitrogens with one attached hydrogen (secondary N) is 1. The Balaban J connectivity index is 0.973. The van der Waals surface area contributed by atoms with Gasteiger partial charge in [-0.25, -0.2) is 4.98 Å². The van der Waals surface area contributed by atoms with E-state index in [0.29, 0.717) is 41.4 Å². The Labute approximate surface area is 336 Å². The van der Waals surface area contributed by atoms with Gasteiger partial charge in [-0.2, -0.15) is 11.8 Å². The summed E-state index contributed by atoms with van der Waals surface area (Å²) in [6.07, 6.45) is 29.0. The number of allylic oxidation sites excluding steroid dienone is 4. The van der Waals surface area contributed by atoms with E-state index in [0.717, 1.165) is 68.6 Å². The fourth-order valence-corrected chi connectivity index (χ4v) is 16.1. The van der Waals surface area contributed by atoms with Crippen LogP contribution in [0.15, 0.2) is 47.7 Å². The largest absolute Gasteiger partial charge is 0.481 e. The number of hydrogen-bond acceptors (Lipinski definition) is 6. The number of aliphatic hydroxyl groups is 1. The molecule has 5 fully saturated rings. The van der Waals surface area contributed by atoms with Crippen LogP contribution in [0.5, 0.6) is 5.88 Å². The molecule has 1 heterocycles. The predicted octanol–water partition coefficient (Wildman–Crippen LogP) is 10.8. The molecule has 9 atom stereocenters. The molecule has 0 aromatic carbocycles. The zero-order valence-electron chi connectivity index (χ0n) is 35.1. The maximum Gasteiger partial charge on any atom is 0.313 e. The lowest BCUT2D eigenvalue weighted by atomic mass is 9.33. The van der Waals surface area contributed by atoms with E-state index >= 15 is 0 Å². The number of thioether (sulfide) groups is 1. The number of carboxylic acid groups (broad SMARTS) is 1. The molecule has 7 aliphatic rings. The topological polar surface area (TPSA) is 91.7 Å². The predicted molar refractivity (Wildman–Crippen MR) is 224 cm³/mol. The van der Waals surface area contributed by atoms with Crippen LogP contribution < -0.4 is 10.1 Å². The number of ether oxygens (including phenoxy) is 1. The minimum absolute atomic E-state index is 0.0430. The first-order valence-corrected chi connectivity index (χ1v) is 23.6. The van der Waals surface area contributed by atoms with Gasteiger partial charge in [0.2, 0.25) is 5.88 Å². The second-order valence-corrected chi connectivity index (χ2v) is 22.3. The summed E-state index contributed by atoms with van der Waals surface area (Å²) in [5.41, 5.74) is 2.74. The molecule has 0 spiro atoms. The fourth-order valence-electron chi connectivity index (χ4n) is 15.4. The van der Waals surface area contributed by atoms with Crippen LogP contribution in [0.25, 0.3) is 0 Å². The highest BCUT2D eigenvalue weighted by molar-refractivity contribution is 7.99. The van der Waals surface area contributed by atoms with E-state index in [1.165, 1.54) is 68.9 Å². The van der Waals surface area contributed by atoms with E-state index in [4.69, 9.17) is 4.74 Å². The smallest absolute Gasteiger partial charge is 0.313 e. The minimum Gasteiger partial charge on any atom is -0.481 e. The lowest BCUT2D eigenvalue weighted by Gasteiger charge is -2.72. The van der Waals surface area contributed by atoms with Gasteiger partial charge in [0.25, 0.3) is 0 Å². The van der Waals surface area contributed by atoms with Crippen LogP contribution >= 0.6 is 11.8 Å². The van der Waals surface area contributed by atoms with Crippen LogP contribution in [-0.4, -0.2) is 57.0 Å². The first-order chi connectivity index (χ1) is 26.1. The summed E-state index contributed by atoms with van der Waals surface area (Å²) in [7, 11) is 0. The monoisotopic (exact) mass is 773 g/mol. The van der Waals surface area contributed by atoms with Crippen LogP contribution in [-0.2, 0) is 4.79 Å². The molecule has 55 heavy (non-hydrogen) atoms. The summed E-state index contributed by atoms with van der Waals surface area (Å²) >= 11 is 1.98. The standard InChI is InChI=1S/C48H72N2O4S/c1-42(2)35(33-14-23-46(24-15-33,41(51)52)32-54-40-11-7-8-30-49-40)18-21-43(3)38(42)19-22-45(5)39(43)13-12-36-37-10-9-20-48(37,28-27-44(36,45)4)50-31-29-47(53)25-16-34(55-6)17-26-47/h7-8,11,14,18,30,34,36-39,50,53H,9-10,12-13,15-17,19-29,31-32H2,1-6H3,(H,51,52)/t34?,36?,37-,38?,39?,43?,44-,45?,46?,47?,48?/m1/s1. The Bertz CT molecular complexity index is 1650. The molecule has 7 aliphatic carbocycles. The number of rotatable bonds is 10. The van der Waals surface area contributed by atoms with Crippen molar-refractivity contribution in [2.24, 2.45) is 50.7 Å². The first-order valence-electron chi connectivity index (χ1n) is 22.3. The van der Waals surface area contributed by atoms with Crippen molar-refractivity contribution in [3.63, 3.8) is 0 Å². The van der Waals surface area contributed by atoms with Gasteiger partial charge >= 0.3 is 5.97 Å². The van der Waals surface area contributed by atoms with Crippen molar-refractivity contribution < 1.29 is 19.7 Å². The molecule has 3 N–H and O–H groups in total. The summed E-state index contributed by atoms with van der Waals surface area (Å²) in [5, 5.41) is 26.9. The van der Waals surface area contributed by atoms with E-state index in [2.05, 4.69) is 63.3 Å². The Morgan fingerprint density at radius 3 is 2.36 bits per heavy atom. The summed E-state index contributed by atoms with van der Waals surface area (Å²) < 4.78 is 5.95. The second-order valence-electron chi connectivity index (χ2n) is 21.2. The minimum atomic E-state index is -0.920. The Morgan fingerprint density at radius 2 is 1.67 bits per heavy atom. The fraction of sp³-hybridized carbons (Fsp3) is 0.792. The number of aliphatic carboxylic acids is 1. The third kappa shape index (κ3) is 6.50. The van der Waals surface area contributed by atoms with Gasteiger partial charge in [0, 0.05) is 23.1 Å². The molecule has 1 aromatic rings. The summed E-state index contributed by atoms with van der Waals surface area (Å²) in [6, 6.07) is 5.52. The zero-order valence-corrected chi connectivity index (χ0v) is 35.9. The van der Waals surface area contributed by atoms with Crippen molar-refractivity contribution in [3.05, 3.63) is 47.7 Å². The summed E-state index contributed by atoms with van der Waals surface area (Å²) in [5.74, 6) is 2.59. The molecular formula is C48H72N2O4S. The number of fused-ring (bicyclic) bond motifs is 7. The van der Waals surface area contributed by atoms with Gasteiger partial charge in [-0.05, 0) is 184 Å². The normalized spacial score (nSPS) is 44.9. The van der Waals surface area contributed by atoms with Gasteiger partial charge in [0.15, 0.2) is 0 Å². The molecule has 6 nitrogen and oxygen atoms in total. The summed E-state index contributed by atoms with van der Waals surface area (Å²) in [4.78, 5) is 16.9. The van der Waals surface area contributed by atoms with Crippen LogP contribution in [0.3, 0.4) is 0 Å². The van der Waals surface area contributed by atoms with Crippen molar-refractivity contribution >= 4 is 17.7 Å². The van der Waals surface area contributed by atoms with Crippen LogP contribution in [0.4, 0.5) is 0 Å². The quantitative estimate of drug-likeness (QED) is 0.218. The van der Waals surface area contributed by atoms with Gasteiger partial charge in [-0.3, -0.25) is 4.79 Å². The molecule has 8 rings (SSSR count). The maximum atomic E-state index is 12.7. The van der Waals surface area contributed by atoms with E-state index in [-0.39, 0.29) is 23.0 Å². The van der Waals surface area contributed by atoms with E-state index < -0.39 is 17.0 Å². The number of carbonyl (C=O) groups is 1. The molecular weight excluding hydrogens is 701 g/mol. The maximum absolute atomic E-state index is 12.7.